The summed E-state index contributed by atoms with van der Waals surface area (Å²) in [4.78, 5) is 10.8. The Morgan fingerprint density at radius 1 is 1.46 bits per heavy atom. The fourth-order valence-corrected chi connectivity index (χ4v) is 1.03. The molecular weight excluding hydrogens is 172 g/mol. The van der Waals surface area contributed by atoms with E-state index >= 15 is 0 Å². The van der Waals surface area contributed by atoms with Gasteiger partial charge in [0.25, 0.3) is 0 Å². The number of carbonyl (C=O) groups excluding carboxylic acids is 1. The maximum absolute atomic E-state index is 10.8. The Balaban J connectivity index is 4.51. The zero-order chi connectivity index (χ0) is 10.5. The minimum absolute atomic E-state index is 0.543. The zero-order valence-corrected chi connectivity index (χ0v) is 8.61. The number of rotatable bonds is 6. The molecule has 0 aromatic heterocycles. The average Bonchev–Trinajstić information content (AvgIpc) is 2.18. The standard InChI is InChI=1S/C9H18O4/c1-5-9(2,6-10)7(11)8(12-3)13-4/h6-8,11H,5H2,1-4H3/t7-,9-/m0/s1. The van der Waals surface area contributed by atoms with Gasteiger partial charge in [0.05, 0.1) is 5.41 Å². The van der Waals surface area contributed by atoms with Crippen LogP contribution >= 0.6 is 0 Å². The Bertz CT molecular complexity index is 156. The van der Waals surface area contributed by atoms with Gasteiger partial charge in [-0.2, -0.15) is 0 Å². The summed E-state index contributed by atoms with van der Waals surface area (Å²) in [5.41, 5.74) is -0.809. The van der Waals surface area contributed by atoms with Crippen molar-refractivity contribution in [2.24, 2.45) is 5.41 Å². The molecule has 0 radical (unpaired) electrons. The SMILES string of the molecule is CC[C@@](C)(C=O)[C@@H](O)C(OC)OC. The molecule has 0 aliphatic carbocycles. The molecule has 0 unspecified atom stereocenters. The third-order valence-corrected chi connectivity index (χ3v) is 2.43. The van der Waals surface area contributed by atoms with Crippen molar-refractivity contribution in [3.8, 4) is 0 Å². The summed E-state index contributed by atoms with van der Waals surface area (Å²) in [6.07, 6.45) is -0.413. The highest BCUT2D eigenvalue weighted by Gasteiger charge is 2.37. The first kappa shape index (κ1) is 12.6. The van der Waals surface area contributed by atoms with Crippen LogP contribution in [0.1, 0.15) is 20.3 Å². The van der Waals surface area contributed by atoms with Gasteiger partial charge in [-0.05, 0) is 6.42 Å². The molecule has 2 atom stereocenters. The molecule has 0 rings (SSSR count). The fourth-order valence-electron chi connectivity index (χ4n) is 1.03. The van der Waals surface area contributed by atoms with E-state index in [0.717, 1.165) is 6.29 Å². The molecule has 0 bridgehead atoms. The van der Waals surface area contributed by atoms with E-state index in [2.05, 4.69) is 0 Å². The molecule has 4 nitrogen and oxygen atoms in total. The molecule has 4 heteroatoms. The van der Waals surface area contributed by atoms with Crippen molar-refractivity contribution < 1.29 is 19.4 Å². The number of aldehydes is 1. The lowest BCUT2D eigenvalue weighted by atomic mass is 9.83. The predicted molar refractivity (Wildman–Crippen MR) is 48.3 cm³/mol. The summed E-state index contributed by atoms with van der Waals surface area (Å²) in [5.74, 6) is 0. The topological polar surface area (TPSA) is 55.8 Å². The number of hydrogen-bond donors (Lipinski definition) is 1. The molecule has 0 aromatic rings. The molecule has 0 aliphatic rings. The summed E-state index contributed by atoms with van der Waals surface area (Å²) >= 11 is 0. The Morgan fingerprint density at radius 3 is 2.15 bits per heavy atom. The highest BCUT2D eigenvalue weighted by Crippen LogP contribution is 2.26. The van der Waals surface area contributed by atoms with Gasteiger partial charge in [0.15, 0.2) is 6.29 Å². The Hall–Kier alpha value is -0.450. The van der Waals surface area contributed by atoms with Gasteiger partial charge in [-0.3, -0.25) is 0 Å². The summed E-state index contributed by atoms with van der Waals surface area (Å²) in [6.45, 7) is 3.51. The van der Waals surface area contributed by atoms with Gasteiger partial charge in [0, 0.05) is 14.2 Å². The first-order chi connectivity index (χ1) is 6.05. The first-order valence-corrected chi connectivity index (χ1v) is 4.25. The third kappa shape index (κ3) is 2.76. The second-order valence-electron chi connectivity index (χ2n) is 3.26. The molecule has 1 N–H and O–H groups in total. The zero-order valence-electron chi connectivity index (χ0n) is 8.61. The lowest BCUT2D eigenvalue weighted by Gasteiger charge is -2.31. The van der Waals surface area contributed by atoms with Gasteiger partial charge in [0.2, 0.25) is 0 Å². The highest BCUT2D eigenvalue weighted by molar-refractivity contribution is 5.59. The summed E-state index contributed by atoms with van der Waals surface area (Å²) in [6, 6.07) is 0. The van der Waals surface area contributed by atoms with Gasteiger partial charge in [-0.25, -0.2) is 0 Å². The number of ether oxygens (including phenoxy) is 2. The molecule has 0 amide bonds. The molecule has 78 valence electrons. The van der Waals surface area contributed by atoms with Gasteiger partial charge in [0.1, 0.15) is 12.4 Å². The van der Waals surface area contributed by atoms with Gasteiger partial charge in [-0.15, -0.1) is 0 Å². The summed E-state index contributed by atoms with van der Waals surface area (Å²) < 4.78 is 9.76. The maximum atomic E-state index is 10.8. The van der Waals surface area contributed by atoms with Crippen LogP contribution in [0.15, 0.2) is 0 Å². The molecule has 0 spiro atoms. The van der Waals surface area contributed by atoms with Gasteiger partial charge < -0.3 is 19.4 Å². The molecule has 0 aliphatic heterocycles. The minimum Gasteiger partial charge on any atom is -0.387 e. The summed E-state index contributed by atoms with van der Waals surface area (Å²) in [5, 5.41) is 9.75. The molecule has 13 heavy (non-hydrogen) atoms. The van der Waals surface area contributed by atoms with Crippen LogP contribution in [0.3, 0.4) is 0 Å². The highest BCUT2D eigenvalue weighted by atomic mass is 16.7. The van der Waals surface area contributed by atoms with Crippen LogP contribution in [-0.4, -0.2) is 38.0 Å². The van der Waals surface area contributed by atoms with Crippen molar-refractivity contribution in [3.05, 3.63) is 0 Å². The van der Waals surface area contributed by atoms with E-state index < -0.39 is 17.8 Å². The van der Waals surface area contributed by atoms with Crippen molar-refractivity contribution in [2.45, 2.75) is 32.7 Å². The van der Waals surface area contributed by atoms with Crippen LogP contribution in [0.5, 0.6) is 0 Å². The van der Waals surface area contributed by atoms with Crippen LogP contribution in [0, 0.1) is 5.41 Å². The maximum Gasteiger partial charge on any atom is 0.183 e. The average molecular weight is 190 g/mol. The van der Waals surface area contributed by atoms with E-state index in [1.807, 2.05) is 6.92 Å². The van der Waals surface area contributed by atoms with Crippen molar-refractivity contribution in [1.82, 2.24) is 0 Å². The molecule has 0 saturated heterocycles. The van der Waals surface area contributed by atoms with Crippen LogP contribution < -0.4 is 0 Å². The van der Waals surface area contributed by atoms with Gasteiger partial charge in [-0.1, -0.05) is 13.8 Å². The van der Waals surface area contributed by atoms with Crippen LogP contribution in [-0.2, 0) is 14.3 Å². The van der Waals surface area contributed by atoms with Gasteiger partial charge >= 0.3 is 0 Å². The lowest BCUT2D eigenvalue weighted by Crippen LogP contribution is -2.44. The Labute approximate surface area is 78.8 Å². The third-order valence-electron chi connectivity index (χ3n) is 2.43. The van der Waals surface area contributed by atoms with Crippen molar-refractivity contribution in [2.75, 3.05) is 14.2 Å². The van der Waals surface area contributed by atoms with Crippen LogP contribution in [0.4, 0.5) is 0 Å². The van der Waals surface area contributed by atoms with Crippen molar-refractivity contribution in [3.63, 3.8) is 0 Å². The second kappa shape index (κ2) is 5.32. The molecule has 0 heterocycles. The number of aliphatic hydroxyl groups is 1. The number of carbonyl (C=O) groups is 1. The smallest absolute Gasteiger partial charge is 0.183 e. The van der Waals surface area contributed by atoms with Crippen LogP contribution in [0.2, 0.25) is 0 Å². The summed E-state index contributed by atoms with van der Waals surface area (Å²) in [7, 11) is 2.86. The minimum atomic E-state index is -0.940. The van der Waals surface area contributed by atoms with E-state index in [9.17, 15) is 9.90 Å². The Morgan fingerprint density at radius 2 is 1.92 bits per heavy atom. The van der Waals surface area contributed by atoms with Crippen molar-refractivity contribution >= 4 is 6.29 Å². The van der Waals surface area contributed by atoms with Crippen molar-refractivity contribution in [1.29, 1.82) is 0 Å². The van der Waals surface area contributed by atoms with E-state index in [1.165, 1.54) is 14.2 Å². The van der Waals surface area contributed by atoms with E-state index in [0.29, 0.717) is 6.42 Å². The fraction of sp³-hybridized carbons (Fsp3) is 0.889. The molecule has 0 aromatic carbocycles. The van der Waals surface area contributed by atoms with E-state index in [1.54, 1.807) is 6.92 Å². The van der Waals surface area contributed by atoms with E-state index in [-0.39, 0.29) is 0 Å². The first-order valence-electron chi connectivity index (χ1n) is 4.25. The van der Waals surface area contributed by atoms with E-state index in [4.69, 9.17) is 9.47 Å². The second-order valence-corrected chi connectivity index (χ2v) is 3.26. The molecule has 0 fully saturated rings. The molecule has 0 saturated carbocycles. The quantitative estimate of drug-likeness (QED) is 0.491. The largest absolute Gasteiger partial charge is 0.387 e. The predicted octanol–water partition coefficient (Wildman–Crippen LogP) is 0.581. The van der Waals surface area contributed by atoms with Crippen LogP contribution in [0.25, 0.3) is 0 Å². The number of methoxy groups -OCH3 is 2. The normalized spacial score (nSPS) is 18.3. The Kier molecular flexibility index (Phi) is 5.13. The number of aliphatic hydroxyl groups excluding tert-OH is 1. The lowest BCUT2D eigenvalue weighted by molar-refractivity contribution is -0.194. The molecular formula is C9H18O4. The number of hydrogen-bond acceptors (Lipinski definition) is 4. The monoisotopic (exact) mass is 190 g/mol.